The average molecular weight is 328 g/mol. The fourth-order valence-corrected chi connectivity index (χ4v) is 3.78. The number of aromatic nitrogens is 1. The molecule has 1 amide bonds. The first-order valence-corrected chi connectivity index (χ1v) is 8.26. The summed E-state index contributed by atoms with van der Waals surface area (Å²) >= 11 is 2.99. The summed E-state index contributed by atoms with van der Waals surface area (Å²) in [6, 6.07) is 8.95. The van der Waals surface area contributed by atoms with Crippen LogP contribution in [0.25, 0.3) is 21.1 Å². The van der Waals surface area contributed by atoms with Crippen molar-refractivity contribution in [1.29, 1.82) is 0 Å². The van der Waals surface area contributed by atoms with Crippen molar-refractivity contribution in [3.05, 3.63) is 52.2 Å². The van der Waals surface area contributed by atoms with E-state index in [9.17, 15) is 9.59 Å². The van der Waals surface area contributed by atoms with Crippen molar-refractivity contribution in [1.82, 2.24) is 4.98 Å². The second-order valence-corrected chi connectivity index (χ2v) is 6.51. The van der Waals surface area contributed by atoms with Gasteiger partial charge in [0.05, 0.1) is 10.6 Å². The second kappa shape index (κ2) is 5.82. The molecule has 2 heterocycles. The Morgan fingerprint density at radius 1 is 1.09 bits per heavy atom. The molecule has 0 bridgehead atoms. The molecule has 0 spiro atoms. The fourth-order valence-electron chi connectivity index (χ4n) is 1.98. The zero-order valence-corrected chi connectivity index (χ0v) is 13.3. The number of hydrogen-bond acceptors (Lipinski definition) is 5. The highest BCUT2D eigenvalue weighted by molar-refractivity contribution is 7.15. The van der Waals surface area contributed by atoms with Gasteiger partial charge in [0, 0.05) is 27.5 Å². The Bertz CT molecular complexity index is 864. The average Bonchev–Trinajstić information content (AvgIpc) is 3.16. The normalized spacial score (nSPS) is 10.6. The molecule has 110 valence electrons. The number of benzene rings is 1. The quantitative estimate of drug-likeness (QED) is 0.740. The van der Waals surface area contributed by atoms with Gasteiger partial charge in [0.2, 0.25) is 5.91 Å². The van der Waals surface area contributed by atoms with E-state index in [0.29, 0.717) is 11.1 Å². The summed E-state index contributed by atoms with van der Waals surface area (Å²) in [5.41, 5.74) is 8.16. The third-order valence-electron chi connectivity index (χ3n) is 3.16. The Labute approximate surface area is 135 Å². The van der Waals surface area contributed by atoms with E-state index in [4.69, 9.17) is 5.73 Å². The van der Waals surface area contributed by atoms with E-state index in [0.717, 1.165) is 21.1 Å². The zero-order chi connectivity index (χ0) is 15.7. The molecular weight excluding hydrogens is 316 g/mol. The van der Waals surface area contributed by atoms with Gasteiger partial charge in [-0.2, -0.15) is 0 Å². The van der Waals surface area contributed by atoms with Gasteiger partial charge in [-0.15, -0.1) is 22.7 Å². The summed E-state index contributed by atoms with van der Waals surface area (Å²) in [5, 5.41) is 4.60. The predicted molar refractivity (Wildman–Crippen MR) is 89.4 cm³/mol. The maximum absolute atomic E-state index is 11.4. The first-order chi connectivity index (χ1) is 10.5. The highest BCUT2D eigenvalue weighted by atomic mass is 32.1. The number of carbonyl (C=O) groups excluding carboxylic acids is 2. The second-order valence-electron chi connectivity index (χ2n) is 4.74. The number of carbonyl (C=O) groups is 2. The molecule has 4 nitrogen and oxygen atoms in total. The summed E-state index contributed by atoms with van der Waals surface area (Å²) in [6.45, 7) is 1.55. The minimum atomic E-state index is -0.456. The molecule has 3 aromatic rings. The van der Waals surface area contributed by atoms with Crippen molar-refractivity contribution in [2.45, 2.75) is 6.92 Å². The summed E-state index contributed by atoms with van der Waals surface area (Å²) in [7, 11) is 0. The van der Waals surface area contributed by atoms with Crippen molar-refractivity contribution in [2.75, 3.05) is 0 Å². The van der Waals surface area contributed by atoms with Crippen molar-refractivity contribution in [3.63, 3.8) is 0 Å². The van der Waals surface area contributed by atoms with Gasteiger partial charge < -0.3 is 5.73 Å². The molecule has 0 radical (unpaired) electrons. The van der Waals surface area contributed by atoms with Crippen LogP contribution in [0.15, 0.2) is 41.1 Å². The Morgan fingerprint density at radius 2 is 1.91 bits per heavy atom. The van der Waals surface area contributed by atoms with E-state index >= 15 is 0 Å². The molecule has 0 fully saturated rings. The molecule has 1 aromatic carbocycles. The molecule has 0 saturated carbocycles. The Kier molecular flexibility index (Phi) is 3.87. The molecule has 0 saturated heterocycles. The highest BCUT2D eigenvalue weighted by Crippen LogP contribution is 2.32. The number of thiazole rings is 1. The van der Waals surface area contributed by atoms with Crippen LogP contribution in [-0.2, 0) is 0 Å². The number of ketones is 1. The number of amides is 1. The zero-order valence-electron chi connectivity index (χ0n) is 11.7. The highest BCUT2D eigenvalue weighted by Gasteiger charge is 2.11. The Balaban J connectivity index is 1.94. The summed E-state index contributed by atoms with van der Waals surface area (Å²) < 4.78 is 0. The third kappa shape index (κ3) is 2.84. The Hall–Kier alpha value is -2.31. The molecule has 3 rings (SSSR count). The lowest BCUT2D eigenvalue weighted by Crippen LogP contribution is -2.10. The number of rotatable bonds is 4. The van der Waals surface area contributed by atoms with Gasteiger partial charge >= 0.3 is 0 Å². The molecular formula is C16H12N2O2S2. The van der Waals surface area contributed by atoms with Crippen LogP contribution in [0.1, 0.15) is 27.6 Å². The van der Waals surface area contributed by atoms with Crippen LogP contribution in [0.2, 0.25) is 0 Å². The van der Waals surface area contributed by atoms with Gasteiger partial charge in [-0.1, -0.05) is 12.1 Å². The fraction of sp³-hybridized carbons (Fsp3) is 0.0625. The maximum Gasteiger partial charge on any atom is 0.248 e. The van der Waals surface area contributed by atoms with Crippen LogP contribution >= 0.6 is 22.7 Å². The van der Waals surface area contributed by atoms with Crippen molar-refractivity contribution < 1.29 is 9.59 Å². The van der Waals surface area contributed by atoms with Gasteiger partial charge in [0.25, 0.3) is 0 Å². The lowest BCUT2D eigenvalue weighted by molar-refractivity contribution is 0.0996. The van der Waals surface area contributed by atoms with Gasteiger partial charge in [0.1, 0.15) is 5.01 Å². The first kappa shape index (κ1) is 14.6. The number of Topliss-reactive ketones (excluding diaryl/α,β-unsaturated/α-hetero) is 1. The SMILES string of the molecule is CC(=O)c1csc(-c2csc(-c3cccc(C(N)=O)c3)n2)c1. The van der Waals surface area contributed by atoms with Crippen LogP contribution in [0.5, 0.6) is 0 Å². The van der Waals surface area contributed by atoms with E-state index in [1.807, 2.05) is 22.9 Å². The van der Waals surface area contributed by atoms with Gasteiger partial charge in [0.15, 0.2) is 5.78 Å². The summed E-state index contributed by atoms with van der Waals surface area (Å²) in [5.74, 6) is -0.407. The molecule has 0 unspecified atom stereocenters. The lowest BCUT2D eigenvalue weighted by atomic mass is 10.1. The summed E-state index contributed by atoms with van der Waals surface area (Å²) in [4.78, 5) is 28.2. The maximum atomic E-state index is 11.4. The van der Waals surface area contributed by atoms with Crippen LogP contribution in [0, 0.1) is 0 Å². The van der Waals surface area contributed by atoms with E-state index in [-0.39, 0.29) is 5.78 Å². The first-order valence-electron chi connectivity index (χ1n) is 6.50. The molecule has 0 aliphatic rings. The molecule has 0 aliphatic carbocycles. The van der Waals surface area contributed by atoms with Crippen molar-refractivity contribution >= 4 is 34.4 Å². The minimum absolute atomic E-state index is 0.0483. The molecule has 6 heteroatoms. The van der Waals surface area contributed by atoms with Crippen LogP contribution in [0.4, 0.5) is 0 Å². The van der Waals surface area contributed by atoms with Gasteiger partial charge in [-0.25, -0.2) is 4.98 Å². The topological polar surface area (TPSA) is 73.1 Å². The smallest absolute Gasteiger partial charge is 0.248 e. The van der Waals surface area contributed by atoms with E-state index in [1.165, 1.54) is 22.7 Å². The van der Waals surface area contributed by atoms with Crippen molar-refractivity contribution in [3.8, 4) is 21.1 Å². The number of nitrogens with two attached hydrogens (primary N) is 1. The molecule has 22 heavy (non-hydrogen) atoms. The minimum Gasteiger partial charge on any atom is -0.366 e. The van der Waals surface area contributed by atoms with Crippen LogP contribution in [0.3, 0.4) is 0 Å². The predicted octanol–water partition coefficient (Wildman–Crippen LogP) is 3.84. The van der Waals surface area contributed by atoms with E-state index in [1.54, 1.807) is 25.1 Å². The van der Waals surface area contributed by atoms with Gasteiger partial charge in [-0.3, -0.25) is 9.59 Å². The third-order valence-corrected chi connectivity index (χ3v) is 5.00. The standard InChI is InChI=1S/C16H12N2O2S2/c1-9(19)12-6-14(21-7-12)13-8-22-16(18-13)11-4-2-3-10(5-11)15(17)20/h2-8H,1H3,(H2,17,20). The monoisotopic (exact) mass is 328 g/mol. The molecule has 0 atom stereocenters. The largest absolute Gasteiger partial charge is 0.366 e. The number of thiophene rings is 1. The van der Waals surface area contributed by atoms with E-state index in [2.05, 4.69) is 4.98 Å². The number of hydrogen-bond donors (Lipinski definition) is 1. The van der Waals surface area contributed by atoms with Crippen LogP contribution < -0.4 is 5.73 Å². The Morgan fingerprint density at radius 3 is 2.59 bits per heavy atom. The number of nitrogens with zero attached hydrogens (tertiary/aromatic N) is 1. The number of primary amides is 1. The molecule has 0 aliphatic heterocycles. The van der Waals surface area contributed by atoms with Gasteiger partial charge in [-0.05, 0) is 25.1 Å². The lowest BCUT2D eigenvalue weighted by Gasteiger charge is -1.99. The molecule has 2 N–H and O–H groups in total. The van der Waals surface area contributed by atoms with E-state index < -0.39 is 5.91 Å². The molecule has 2 aromatic heterocycles. The van der Waals surface area contributed by atoms with Crippen molar-refractivity contribution in [2.24, 2.45) is 5.73 Å². The van der Waals surface area contributed by atoms with Crippen LogP contribution in [-0.4, -0.2) is 16.7 Å². The summed E-state index contributed by atoms with van der Waals surface area (Å²) in [6.07, 6.45) is 0.